The van der Waals surface area contributed by atoms with Crippen LogP contribution in [0.2, 0.25) is 0 Å². The topological polar surface area (TPSA) is 118 Å². The summed E-state index contributed by atoms with van der Waals surface area (Å²) >= 11 is 0. The van der Waals surface area contributed by atoms with Gasteiger partial charge in [0.2, 0.25) is 0 Å². The molecule has 7 nitrogen and oxygen atoms in total. The number of aromatic nitrogens is 2. The van der Waals surface area contributed by atoms with Gasteiger partial charge in [-0.05, 0) is 69.0 Å². The van der Waals surface area contributed by atoms with Gasteiger partial charge in [-0.15, -0.1) is 0 Å². The lowest BCUT2D eigenvalue weighted by Gasteiger charge is -2.08. The molecule has 0 spiro atoms. The van der Waals surface area contributed by atoms with Crippen LogP contribution in [0.4, 0.5) is 11.5 Å². The van der Waals surface area contributed by atoms with Crippen LogP contribution in [0.1, 0.15) is 34.4 Å². The van der Waals surface area contributed by atoms with Gasteiger partial charge in [0.05, 0.1) is 11.4 Å². The van der Waals surface area contributed by atoms with E-state index in [0.29, 0.717) is 42.4 Å². The first-order valence-electron chi connectivity index (χ1n) is 9.87. The van der Waals surface area contributed by atoms with Crippen molar-refractivity contribution in [3.8, 4) is 11.8 Å². The number of anilines is 2. The molecule has 3 aromatic rings. The van der Waals surface area contributed by atoms with E-state index in [-0.39, 0.29) is 0 Å². The molecule has 0 bridgehead atoms. The second kappa shape index (κ2) is 9.14. The van der Waals surface area contributed by atoms with Crippen LogP contribution in [0.5, 0.6) is 0 Å². The molecule has 0 saturated heterocycles. The van der Waals surface area contributed by atoms with Crippen molar-refractivity contribution >= 4 is 17.5 Å². The van der Waals surface area contributed by atoms with E-state index in [1.807, 2.05) is 57.2 Å². The third-order valence-corrected chi connectivity index (χ3v) is 4.73. The lowest BCUT2D eigenvalue weighted by Crippen LogP contribution is -2.23. The highest BCUT2D eigenvalue weighted by molar-refractivity contribution is 5.92. The molecule has 1 aromatic heterocycles. The zero-order valence-corrected chi connectivity index (χ0v) is 17.6. The Morgan fingerprint density at radius 3 is 2.40 bits per heavy atom. The molecule has 0 aliphatic carbocycles. The lowest BCUT2D eigenvalue weighted by molar-refractivity contribution is 0.776. The van der Waals surface area contributed by atoms with Crippen molar-refractivity contribution in [2.75, 3.05) is 17.6 Å². The number of benzene rings is 2. The first-order chi connectivity index (χ1) is 14.4. The summed E-state index contributed by atoms with van der Waals surface area (Å²) in [7, 11) is 0. The van der Waals surface area contributed by atoms with Crippen molar-refractivity contribution in [1.29, 1.82) is 5.26 Å². The van der Waals surface area contributed by atoms with Crippen molar-refractivity contribution < 1.29 is 0 Å². The average Bonchev–Trinajstić information content (AvgIpc) is 3.00. The van der Waals surface area contributed by atoms with Gasteiger partial charge in [-0.25, -0.2) is 4.68 Å². The second-order valence-electron chi connectivity index (χ2n) is 7.44. The molecule has 1 heterocycles. The van der Waals surface area contributed by atoms with Crippen LogP contribution >= 0.6 is 0 Å². The number of hydrogen-bond donors (Lipinski definition) is 3. The summed E-state index contributed by atoms with van der Waals surface area (Å²) in [5.74, 6) is 0.723. The van der Waals surface area contributed by atoms with Crippen LogP contribution in [0.25, 0.3) is 5.69 Å². The van der Waals surface area contributed by atoms with Crippen LogP contribution in [-0.2, 0) is 6.42 Å². The van der Waals surface area contributed by atoms with Crippen molar-refractivity contribution in [2.24, 2.45) is 10.7 Å². The van der Waals surface area contributed by atoms with E-state index in [9.17, 15) is 5.26 Å². The number of hydrogen-bond acceptors (Lipinski definition) is 4. The van der Waals surface area contributed by atoms with E-state index >= 15 is 0 Å². The summed E-state index contributed by atoms with van der Waals surface area (Å²) in [5.41, 5.74) is 18.5. The zero-order chi connectivity index (χ0) is 21.7. The summed E-state index contributed by atoms with van der Waals surface area (Å²) in [6, 6.07) is 16.2. The summed E-state index contributed by atoms with van der Waals surface area (Å²) in [6.07, 6.45) is 1.29. The molecule has 2 aromatic carbocycles. The van der Waals surface area contributed by atoms with E-state index < -0.39 is 0 Å². The molecule has 0 fully saturated rings. The largest absolute Gasteiger partial charge is 0.382 e. The third kappa shape index (κ3) is 4.97. The van der Waals surface area contributed by atoms with E-state index in [2.05, 4.69) is 27.5 Å². The van der Waals surface area contributed by atoms with Crippen LogP contribution in [0.15, 0.2) is 47.5 Å². The minimum atomic E-state index is 0.357. The number of nitrogen functional groups attached to an aromatic ring is 1. The number of rotatable bonds is 6. The molecular formula is C23H27N7. The Hall–Kier alpha value is -3.79. The van der Waals surface area contributed by atoms with E-state index in [4.69, 9.17) is 11.5 Å². The Kier molecular flexibility index (Phi) is 6.38. The second-order valence-corrected chi connectivity index (χ2v) is 7.44. The summed E-state index contributed by atoms with van der Waals surface area (Å²) < 4.78 is 1.62. The smallest absolute Gasteiger partial charge is 0.193 e. The fraction of sp³-hybridized carbons (Fsp3) is 0.261. The van der Waals surface area contributed by atoms with Gasteiger partial charge < -0.3 is 16.8 Å². The molecule has 0 unspecified atom stereocenters. The molecule has 5 N–H and O–H groups in total. The number of guanidine groups is 1. The highest BCUT2D eigenvalue weighted by Gasteiger charge is 2.16. The first-order valence-corrected chi connectivity index (χ1v) is 9.87. The van der Waals surface area contributed by atoms with Gasteiger partial charge in [0, 0.05) is 12.2 Å². The van der Waals surface area contributed by atoms with Gasteiger partial charge in [0.15, 0.2) is 5.96 Å². The molecule has 30 heavy (non-hydrogen) atoms. The summed E-state index contributed by atoms with van der Waals surface area (Å²) in [6.45, 7) is 6.62. The van der Waals surface area contributed by atoms with Crippen molar-refractivity contribution in [3.63, 3.8) is 0 Å². The highest BCUT2D eigenvalue weighted by atomic mass is 15.3. The summed E-state index contributed by atoms with van der Waals surface area (Å²) in [4.78, 5) is 4.38. The lowest BCUT2D eigenvalue weighted by atomic mass is 10.1. The first kappa shape index (κ1) is 20.9. The van der Waals surface area contributed by atoms with Crippen LogP contribution in [0.3, 0.4) is 0 Å². The molecule has 7 heteroatoms. The SMILES string of the molecule is Cc1ccc(-n2nc(CCCN=C(N)Nc3cc(C)cc(C)c3)c(C#N)c2N)cc1. The molecule has 0 radical (unpaired) electrons. The van der Waals surface area contributed by atoms with Crippen LogP contribution in [0, 0.1) is 32.1 Å². The highest BCUT2D eigenvalue weighted by Crippen LogP contribution is 2.22. The normalized spacial score (nSPS) is 11.3. The molecule has 0 atom stereocenters. The van der Waals surface area contributed by atoms with Crippen LogP contribution in [-0.4, -0.2) is 22.3 Å². The number of nitrogens with two attached hydrogens (primary N) is 2. The fourth-order valence-electron chi connectivity index (χ4n) is 3.34. The summed E-state index contributed by atoms with van der Waals surface area (Å²) in [5, 5.41) is 17.2. The average molecular weight is 402 g/mol. The Balaban J connectivity index is 1.64. The van der Waals surface area contributed by atoms with Crippen LogP contribution < -0.4 is 16.8 Å². The molecule has 3 rings (SSSR count). The quantitative estimate of drug-likeness (QED) is 0.331. The molecule has 0 aliphatic rings. The maximum atomic E-state index is 9.52. The Labute approximate surface area is 177 Å². The molecule has 0 aliphatic heterocycles. The third-order valence-electron chi connectivity index (χ3n) is 4.73. The van der Waals surface area contributed by atoms with E-state index in [1.165, 1.54) is 0 Å². The number of aryl methyl sites for hydroxylation is 4. The van der Waals surface area contributed by atoms with Crippen molar-refractivity contribution in [2.45, 2.75) is 33.6 Å². The molecule has 154 valence electrons. The number of nitriles is 1. The number of nitrogens with zero attached hydrogens (tertiary/aromatic N) is 4. The van der Waals surface area contributed by atoms with Gasteiger partial charge in [-0.2, -0.15) is 10.4 Å². The molecule has 0 saturated carbocycles. The minimum absolute atomic E-state index is 0.357. The fourth-order valence-corrected chi connectivity index (χ4v) is 3.34. The van der Waals surface area contributed by atoms with Gasteiger partial charge in [0.25, 0.3) is 0 Å². The Morgan fingerprint density at radius 1 is 1.10 bits per heavy atom. The maximum absolute atomic E-state index is 9.52. The minimum Gasteiger partial charge on any atom is -0.382 e. The Bertz CT molecular complexity index is 1080. The molecular weight excluding hydrogens is 374 g/mol. The number of aliphatic imine (C=N–C) groups is 1. The van der Waals surface area contributed by atoms with Crippen molar-refractivity contribution in [1.82, 2.24) is 9.78 Å². The predicted molar refractivity (Wildman–Crippen MR) is 122 cm³/mol. The predicted octanol–water partition coefficient (Wildman–Crippen LogP) is 3.61. The van der Waals surface area contributed by atoms with Gasteiger partial charge in [-0.1, -0.05) is 23.8 Å². The zero-order valence-electron chi connectivity index (χ0n) is 17.6. The van der Waals surface area contributed by atoms with Gasteiger partial charge >= 0.3 is 0 Å². The number of nitrogens with one attached hydrogen (secondary N) is 1. The standard InChI is InChI=1S/C23H27N7/c1-15-6-8-19(9-7-15)30-22(25)20(14-24)21(29-30)5-4-10-27-23(26)28-18-12-16(2)11-17(3)13-18/h6-9,11-13H,4-5,10,25H2,1-3H3,(H3,26,27,28). The van der Waals surface area contributed by atoms with E-state index in [0.717, 1.165) is 28.1 Å². The van der Waals surface area contributed by atoms with Gasteiger partial charge in [0.1, 0.15) is 17.5 Å². The van der Waals surface area contributed by atoms with Gasteiger partial charge in [-0.3, -0.25) is 4.99 Å². The van der Waals surface area contributed by atoms with E-state index in [1.54, 1.807) is 4.68 Å². The molecule has 0 amide bonds. The van der Waals surface area contributed by atoms with Crippen molar-refractivity contribution in [3.05, 3.63) is 70.4 Å². The maximum Gasteiger partial charge on any atom is 0.193 e. The Morgan fingerprint density at radius 2 is 1.77 bits per heavy atom. The monoisotopic (exact) mass is 401 g/mol.